The van der Waals surface area contributed by atoms with Crippen molar-refractivity contribution in [3.8, 4) is 0 Å². The summed E-state index contributed by atoms with van der Waals surface area (Å²) in [6.07, 6.45) is 2.50. The van der Waals surface area contributed by atoms with Crippen molar-refractivity contribution in [2.75, 3.05) is 0 Å². The summed E-state index contributed by atoms with van der Waals surface area (Å²) in [5, 5.41) is 33.8. The zero-order chi connectivity index (χ0) is 13.5. The molecule has 94 valence electrons. The van der Waals surface area contributed by atoms with Gasteiger partial charge in [0.05, 0.1) is 0 Å². The van der Waals surface area contributed by atoms with Gasteiger partial charge in [0, 0.05) is 0 Å². The van der Waals surface area contributed by atoms with E-state index in [4.69, 9.17) is 51.0 Å². The number of isocyanates is 5. The van der Waals surface area contributed by atoms with Crippen LogP contribution in [0.5, 0.6) is 0 Å². The molecule has 0 bridgehead atoms. The molecule has 0 saturated heterocycles. The van der Waals surface area contributed by atoms with Crippen molar-refractivity contribution in [1.29, 1.82) is 0 Å². The number of hydrogen-bond acceptors (Lipinski definition) is 5. The van der Waals surface area contributed by atoms with E-state index >= 15 is 0 Å². The molecular weight excluding hydrogens is 364 g/mol. The fraction of sp³-hybridized carbons (Fsp3) is 0. The predicted molar refractivity (Wildman–Crippen MR) is 45.3 cm³/mol. The standard InChI is InChI=1S/5CNO.Fe.K.Ni/c5*2-1-3;;;/q5*-1;+2;+1;+2. The van der Waals surface area contributed by atoms with Gasteiger partial charge in [-0.15, -0.1) is 0 Å². The fourth-order valence-electron chi connectivity index (χ4n) is 0. The normalized spacial score (nSPS) is 2.22. The second-order valence-corrected chi connectivity index (χ2v) is 0.456. The van der Waals surface area contributed by atoms with Crippen molar-refractivity contribution < 1.29 is 109 Å². The van der Waals surface area contributed by atoms with Crippen LogP contribution in [0, 0.1) is 0 Å². The maximum atomic E-state index is 8.24. The van der Waals surface area contributed by atoms with Crippen LogP contribution in [-0.4, -0.2) is 30.4 Å². The molecular formula is C5FeKN5NiO5. The summed E-state index contributed by atoms with van der Waals surface area (Å²) in [5.74, 6) is 0. The van der Waals surface area contributed by atoms with Crippen LogP contribution in [0.4, 0.5) is 0 Å². The quantitative estimate of drug-likeness (QED) is 0.243. The van der Waals surface area contributed by atoms with Crippen molar-refractivity contribution in [3.63, 3.8) is 0 Å². The van der Waals surface area contributed by atoms with Crippen LogP contribution in [0.15, 0.2) is 0 Å². The molecule has 0 rings (SSSR count). The SMILES string of the molecule is [Fe+2].[K+].[N-]=C=O.[N-]=C=O.[N-]=C=O.[N-]=C=O.[N-]=C=O.[Ni+2]. The molecule has 0 N–H and O–H groups in total. The number of rotatable bonds is 0. The summed E-state index contributed by atoms with van der Waals surface area (Å²) < 4.78 is 0. The van der Waals surface area contributed by atoms with E-state index in [1.165, 1.54) is 0 Å². The minimum Gasteiger partial charge on any atom is -0.724 e. The molecule has 0 unspecified atom stereocenters. The Morgan fingerprint density at radius 3 is 0.500 bits per heavy atom. The summed E-state index contributed by atoms with van der Waals surface area (Å²) >= 11 is 0. The van der Waals surface area contributed by atoms with E-state index in [0.717, 1.165) is 0 Å². The fourth-order valence-corrected chi connectivity index (χ4v) is 0. The summed E-state index contributed by atoms with van der Waals surface area (Å²) in [6, 6.07) is 0. The first kappa shape index (κ1) is 52.7. The molecule has 0 atom stereocenters. The van der Waals surface area contributed by atoms with E-state index in [2.05, 4.69) is 0 Å². The smallest absolute Gasteiger partial charge is 0.724 e. The summed E-state index contributed by atoms with van der Waals surface area (Å²) in [4.78, 5) is 41.2. The van der Waals surface area contributed by atoms with Gasteiger partial charge in [0.15, 0.2) is 0 Å². The average molecular weight is 364 g/mol. The minimum absolute atomic E-state index is 0. The van der Waals surface area contributed by atoms with Crippen LogP contribution in [0.1, 0.15) is 0 Å². The van der Waals surface area contributed by atoms with E-state index in [9.17, 15) is 0 Å². The molecule has 13 heteroatoms. The molecule has 0 aliphatic rings. The maximum absolute atomic E-state index is 8.24. The van der Waals surface area contributed by atoms with E-state index < -0.39 is 0 Å². The zero-order valence-electron chi connectivity index (χ0n) is 8.45. The van der Waals surface area contributed by atoms with E-state index in [0.29, 0.717) is 30.4 Å². The molecule has 0 aromatic carbocycles. The zero-order valence-corrected chi connectivity index (χ0v) is 13.7. The van der Waals surface area contributed by atoms with E-state index in [1.54, 1.807) is 0 Å². The second kappa shape index (κ2) is 193. The summed E-state index contributed by atoms with van der Waals surface area (Å²) in [6.45, 7) is 0. The third-order valence-electron chi connectivity index (χ3n) is 0. The first-order valence-corrected chi connectivity index (χ1v) is 2.14. The largest absolute Gasteiger partial charge is 2.00 e. The third kappa shape index (κ3) is 16200. The number of carbonyl (C=O) groups excluding carboxylic acids is 5. The van der Waals surface area contributed by atoms with Gasteiger partial charge in [0.1, 0.15) is 0 Å². The van der Waals surface area contributed by atoms with Gasteiger partial charge in [0.2, 0.25) is 0 Å². The molecule has 0 saturated carbocycles. The number of nitrogens with zero attached hydrogens (tertiary/aromatic N) is 5. The van der Waals surface area contributed by atoms with Crippen LogP contribution in [0.2, 0.25) is 0 Å². The van der Waals surface area contributed by atoms with Gasteiger partial charge >= 0.3 is 84.9 Å². The Morgan fingerprint density at radius 2 is 0.500 bits per heavy atom. The minimum atomic E-state index is 0. The molecule has 0 aromatic rings. The number of hydrogen-bond donors (Lipinski definition) is 0. The van der Waals surface area contributed by atoms with Crippen LogP contribution >= 0.6 is 0 Å². The Bertz CT molecular complexity index is 215. The second-order valence-electron chi connectivity index (χ2n) is 0.456. The maximum Gasteiger partial charge on any atom is 2.00 e. The van der Waals surface area contributed by atoms with Gasteiger partial charge in [-0.2, -0.15) is 0 Å². The van der Waals surface area contributed by atoms with Crippen molar-refractivity contribution in [3.05, 3.63) is 27.0 Å². The van der Waals surface area contributed by atoms with Crippen molar-refractivity contribution >= 4 is 30.4 Å². The Balaban J connectivity index is -0.0000000111. The molecule has 0 aliphatic heterocycles. The Morgan fingerprint density at radius 1 is 0.500 bits per heavy atom. The molecule has 0 spiro atoms. The Labute approximate surface area is 164 Å². The first-order chi connectivity index (χ1) is 7.07. The Kier molecular flexibility index (Phi) is 566. The van der Waals surface area contributed by atoms with Crippen molar-refractivity contribution in [2.45, 2.75) is 0 Å². The first-order valence-electron chi connectivity index (χ1n) is 2.14. The van der Waals surface area contributed by atoms with E-state index in [-0.39, 0.29) is 84.9 Å². The van der Waals surface area contributed by atoms with Crippen LogP contribution in [-0.2, 0) is 57.5 Å². The summed E-state index contributed by atoms with van der Waals surface area (Å²) in [5.41, 5.74) is 0. The van der Waals surface area contributed by atoms with Crippen LogP contribution < -0.4 is 51.4 Å². The van der Waals surface area contributed by atoms with Gasteiger partial charge in [-0.3, -0.25) is 24.0 Å². The van der Waals surface area contributed by atoms with Crippen LogP contribution in [0.25, 0.3) is 27.0 Å². The molecule has 0 aromatic heterocycles. The topological polar surface area (TPSA) is 197 Å². The van der Waals surface area contributed by atoms with Crippen molar-refractivity contribution in [2.24, 2.45) is 0 Å². The van der Waals surface area contributed by atoms with Gasteiger partial charge in [-0.1, -0.05) is 0 Å². The van der Waals surface area contributed by atoms with Gasteiger partial charge in [-0.05, 0) is 30.4 Å². The summed E-state index contributed by atoms with van der Waals surface area (Å²) in [7, 11) is 0. The van der Waals surface area contributed by atoms with Gasteiger partial charge in [-0.25, -0.2) is 0 Å². The molecule has 10 nitrogen and oxygen atoms in total. The molecule has 0 amide bonds. The third-order valence-corrected chi connectivity index (χ3v) is 0. The monoisotopic (exact) mass is 363 g/mol. The Hall–Kier alpha value is -0.451. The molecule has 18 heavy (non-hydrogen) atoms. The van der Waals surface area contributed by atoms with Gasteiger partial charge in [0.25, 0.3) is 0 Å². The molecule has 0 radical (unpaired) electrons. The van der Waals surface area contributed by atoms with Crippen molar-refractivity contribution in [1.82, 2.24) is 0 Å². The molecule has 0 heterocycles. The van der Waals surface area contributed by atoms with E-state index in [1.807, 2.05) is 0 Å². The average Bonchev–Trinajstić information content (AvgIpc) is 2.09. The van der Waals surface area contributed by atoms with Gasteiger partial charge < -0.3 is 27.0 Å². The molecule has 0 fully saturated rings. The van der Waals surface area contributed by atoms with Crippen LogP contribution in [0.3, 0.4) is 0 Å². The predicted octanol–water partition coefficient (Wildman–Crippen LogP) is -3.54. The molecule has 0 aliphatic carbocycles.